The summed E-state index contributed by atoms with van der Waals surface area (Å²) in [4.78, 5) is 14.4. The van der Waals surface area contributed by atoms with Crippen LogP contribution in [0.1, 0.15) is 25.3 Å². The van der Waals surface area contributed by atoms with Gasteiger partial charge in [0.05, 0.1) is 6.61 Å². The zero-order valence-corrected chi connectivity index (χ0v) is 13.4. The number of likely N-dealkylation sites (tertiary alicyclic amines) is 1. The summed E-state index contributed by atoms with van der Waals surface area (Å²) >= 11 is 0. The Bertz CT molecular complexity index is 488. The van der Waals surface area contributed by atoms with Crippen LogP contribution in [-0.4, -0.2) is 43.6 Å². The molecule has 0 unspecified atom stereocenters. The highest BCUT2D eigenvalue weighted by atomic mass is 16.5. The van der Waals surface area contributed by atoms with E-state index < -0.39 is 0 Å². The number of ether oxygens (including phenoxy) is 1. The van der Waals surface area contributed by atoms with E-state index in [1.807, 2.05) is 12.1 Å². The van der Waals surface area contributed by atoms with E-state index >= 15 is 0 Å². The number of rotatable bonds is 6. The van der Waals surface area contributed by atoms with Crippen molar-refractivity contribution in [3.8, 4) is 5.75 Å². The molecule has 2 saturated heterocycles. The molecule has 3 rings (SSSR count). The lowest BCUT2D eigenvalue weighted by atomic mass is 10.0. The molecule has 2 atom stereocenters. The van der Waals surface area contributed by atoms with Crippen molar-refractivity contribution in [2.45, 2.75) is 26.2 Å². The van der Waals surface area contributed by atoms with Gasteiger partial charge in [-0.3, -0.25) is 4.79 Å². The van der Waals surface area contributed by atoms with Crippen molar-refractivity contribution in [1.29, 1.82) is 0 Å². The molecule has 0 bridgehead atoms. The first-order valence-corrected chi connectivity index (χ1v) is 8.46. The van der Waals surface area contributed by atoms with Crippen molar-refractivity contribution in [2.24, 2.45) is 11.8 Å². The third kappa shape index (κ3) is 3.61. The maximum absolute atomic E-state index is 12.3. The van der Waals surface area contributed by atoms with Gasteiger partial charge < -0.3 is 15.0 Å². The number of nitrogens with one attached hydrogen (secondary N) is 1. The van der Waals surface area contributed by atoms with Crippen LogP contribution in [0.25, 0.3) is 0 Å². The molecular formula is C18H26N2O2. The molecule has 0 aromatic heterocycles. The van der Waals surface area contributed by atoms with Crippen molar-refractivity contribution < 1.29 is 9.53 Å². The second kappa shape index (κ2) is 7.14. The Morgan fingerprint density at radius 1 is 1.23 bits per heavy atom. The Balaban J connectivity index is 1.45. The largest absolute Gasteiger partial charge is 0.494 e. The number of amides is 1. The van der Waals surface area contributed by atoms with Crippen molar-refractivity contribution in [1.82, 2.24) is 10.2 Å². The topological polar surface area (TPSA) is 41.6 Å². The van der Waals surface area contributed by atoms with Gasteiger partial charge in [0.25, 0.3) is 0 Å². The smallest absolute Gasteiger partial charge is 0.222 e. The van der Waals surface area contributed by atoms with Crippen LogP contribution < -0.4 is 10.1 Å². The zero-order valence-electron chi connectivity index (χ0n) is 13.4. The SMILES string of the molecule is CCCOc1ccc(CCC(=O)N2C[C@H]3CNC[C@H]3C2)cc1. The highest BCUT2D eigenvalue weighted by Crippen LogP contribution is 2.26. The predicted molar refractivity (Wildman–Crippen MR) is 87.0 cm³/mol. The van der Waals surface area contributed by atoms with Gasteiger partial charge in [-0.25, -0.2) is 0 Å². The number of carbonyl (C=O) groups is 1. The van der Waals surface area contributed by atoms with Gasteiger partial charge in [-0.15, -0.1) is 0 Å². The minimum Gasteiger partial charge on any atom is -0.494 e. The van der Waals surface area contributed by atoms with Gasteiger partial charge in [0.1, 0.15) is 5.75 Å². The molecule has 0 saturated carbocycles. The summed E-state index contributed by atoms with van der Waals surface area (Å²) in [6.07, 6.45) is 2.45. The van der Waals surface area contributed by atoms with E-state index in [0.717, 1.165) is 51.4 Å². The number of fused-ring (bicyclic) bond motifs is 1. The van der Waals surface area contributed by atoms with Crippen LogP contribution in [0, 0.1) is 11.8 Å². The predicted octanol–water partition coefficient (Wildman–Crippen LogP) is 2.09. The van der Waals surface area contributed by atoms with Gasteiger partial charge in [-0.05, 0) is 42.4 Å². The Hall–Kier alpha value is -1.55. The Morgan fingerprint density at radius 3 is 2.55 bits per heavy atom. The molecule has 4 nitrogen and oxygen atoms in total. The molecule has 0 aliphatic carbocycles. The number of hydrogen-bond donors (Lipinski definition) is 1. The highest BCUT2D eigenvalue weighted by Gasteiger charge is 2.37. The van der Waals surface area contributed by atoms with E-state index in [1.165, 1.54) is 5.56 Å². The van der Waals surface area contributed by atoms with Crippen LogP contribution >= 0.6 is 0 Å². The fraction of sp³-hybridized carbons (Fsp3) is 0.611. The molecule has 1 amide bonds. The molecule has 2 aliphatic heterocycles. The van der Waals surface area contributed by atoms with Crippen molar-refractivity contribution in [2.75, 3.05) is 32.8 Å². The van der Waals surface area contributed by atoms with Crippen LogP contribution in [-0.2, 0) is 11.2 Å². The molecule has 1 aromatic rings. The van der Waals surface area contributed by atoms with Crippen molar-refractivity contribution in [3.05, 3.63) is 29.8 Å². The molecule has 2 aliphatic rings. The van der Waals surface area contributed by atoms with Gasteiger partial charge in [-0.2, -0.15) is 0 Å². The van der Waals surface area contributed by atoms with Crippen LogP contribution in [0.3, 0.4) is 0 Å². The number of benzene rings is 1. The fourth-order valence-electron chi connectivity index (χ4n) is 3.44. The minimum atomic E-state index is 0.306. The molecule has 1 N–H and O–H groups in total. The highest BCUT2D eigenvalue weighted by molar-refractivity contribution is 5.76. The van der Waals surface area contributed by atoms with Crippen LogP contribution in [0.4, 0.5) is 0 Å². The molecule has 4 heteroatoms. The molecule has 0 spiro atoms. The monoisotopic (exact) mass is 302 g/mol. The molecule has 120 valence electrons. The first kappa shape index (κ1) is 15.3. The summed E-state index contributed by atoms with van der Waals surface area (Å²) in [7, 11) is 0. The minimum absolute atomic E-state index is 0.306. The lowest BCUT2D eigenvalue weighted by molar-refractivity contribution is -0.130. The average molecular weight is 302 g/mol. The summed E-state index contributed by atoms with van der Waals surface area (Å²) in [5, 5.41) is 3.41. The van der Waals surface area contributed by atoms with E-state index in [-0.39, 0.29) is 0 Å². The summed E-state index contributed by atoms with van der Waals surface area (Å²) in [5.41, 5.74) is 1.21. The standard InChI is InChI=1S/C18H26N2O2/c1-2-9-22-17-6-3-14(4-7-17)5-8-18(21)20-12-15-10-19-11-16(15)13-20/h3-4,6-7,15-16,19H,2,5,8-13H2,1H3/t15-,16+. The molecule has 22 heavy (non-hydrogen) atoms. The lowest BCUT2D eigenvalue weighted by Gasteiger charge is -2.17. The van der Waals surface area contributed by atoms with Crippen LogP contribution in [0.5, 0.6) is 5.75 Å². The third-order valence-electron chi connectivity index (χ3n) is 4.77. The first-order chi connectivity index (χ1) is 10.8. The first-order valence-electron chi connectivity index (χ1n) is 8.46. The molecule has 1 aromatic carbocycles. The number of nitrogens with zero attached hydrogens (tertiary/aromatic N) is 1. The van der Waals surface area contributed by atoms with Gasteiger partial charge in [0.2, 0.25) is 5.91 Å². The summed E-state index contributed by atoms with van der Waals surface area (Å²) < 4.78 is 5.58. The molecule has 0 radical (unpaired) electrons. The van der Waals surface area contributed by atoms with E-state index in [2.05, 4.69) is 29.3 Å². The maximum Gasteiger partial charge on any atom is 0.222 e. The van der Waals surface area contributed by atoms with Crippen molar-refractivity contribution >= 4 is 5.91 Å². The average Bonchev–Trinajstić information content (AvgIpc) is 3.13. The molecule has 2 fully saturated rings. The maximum atomic E-state index is 12.3. The van der Waals surface area contributed by atoms with Gasteiger partial charge in [0, 0.05) is 32.6 Å². The summed E-state index contributed by atoms with van der Waals surface area (Å²) in [6.45, 7) is 6.90. The lowest BCUT2D eigenvalue weighted by Crippen LogP contribution is -2.31. The summed E-state index contributed by atoms with van der Waals surface area (Å²) in [5.74, 6) is 2.58. The normalized spacial score (nSPS) is 23.6. The Labute approximate surface area is 132 Å². The second-order valence-electron chi connectivity index (χ2n) is 6.47. The van der Waals surface area contributed by atoms with Gasteiger partial charge in [-0.1, -0.05) is 19.1 Å². The number of aryl methyl sites for hydroxylation is 1. The van der Waals surface area contributed by atoms with Gasteiger partial charge in [0.15, 0.2) is 0 Å². The van der Waals surface area contributed by atoms with Crippen LogP contribution in [0.15, 0.2) is 24.3 Å². The quantitative estimate of drug-likeness (QED) is 0.875. The Kier molecular flexibility index (Phi) is 4.98. The summed E-state index contributed by atoms with van der Waals surface area (Å²) in [6, 6.07) is 8.14. The molecule has 2 heterocycles. The zero-order chi connectivity index (χ0) is 15.4. The Morgan fingerprint density at radius 2 is 1.91 bits per heavy atom. The van der Waals surface area contributed by atoms with Crippen molar-refractivity contribution in [3.63, 3.8) is 0 Å². The van der Waals surface area contributed by atoms with Gasteiger partial charge >= 0.3 is 0 Å². The number of carbonyl (C=O) groups excluding carboxylic acids is 1. The third-order valence-corrected chi connectivity index (χ3v) is 4.77. The van der Waals surface area contributed by atoms with E-state index in [0.29, 0.717) is 24.2 Å². The second-order valence-corrected chi connectivity index (χ2v) is 6.47. The van der Waals surface area contributed by atoms with Crippen LogP contribution in [0.2, 0.25) is 0 Å². The molecular weight excluding hydrogens is 276 g/mol. The van der Waals surface area contributed by atoms with E-state index in [4.69, 9.17) is 4.74 Å². The van der Waals surface area contributed by atoms with E-state index in [1.54, 1.807) is 0 Å². The fourth-order valence-corrected chi connectivity index (χ4v) is 3.44. The van der Waals surface area contributed by atoms with E-state index in [9.17, 15) is 4.79 Å². The number of hydrogen-bond acceptors (Lipinski definition) is 3.